The van der Waals surface area contributed by atoms with Crippen LogP contribution in [0.1, 0.15) is 31.7 Å². The van der Waals surface area contributed by atoms with Crippen molar-refractivity contribution in [2.75, 3.05) is 19.7 Å². The number of hydrogen-bond donors (Lipinski definition) is 0. The van der Waals surface area contributed by atoms with Crippen LogP contribution in [0.5, 0.6) is 0 Å². The van der Waals surface area contributed by atoms with Crippen molar-refractivity contribution >= 4 is 11.8 Å². The first-order valence-corrected chi connectivity index (χ1v) is 7.63. The summed E-state index contributed by atoms with van der Waals surface area (Å²) in [6.45, 7) is 4.38. The van der Waals surface area contributed by atoms with Gasteiger partial charge in [0.2, 0.25) is 0 Å². The molecule has 1 unspecified atom stereocenters. The third-order valence-electron chi connectivity index (χ3n) is 3.80. The Kier molecular flexibility index (Phi) is 5.93. The van der Waals surface area contributed by atoms with E-state index in [1.807, 2.05) is 18.2 Å². The SMILES string of the molecule is CCOC(=O)CCCC1CN(Cc2ccccc2)CC1=O. The molecule has 1 atom stereocenters. The number of likely N-dealkylation sites (tertiary alicyclic amines) is 1. The molecule has 2 rings (SSSR count). The third kappa shape index (κ3) is 4.97. The number of Topliss-reactive ketones (excluding diaryl/α,β-unsaturated/α-hetero) is 1. The average molecular weight is 289 g/mol. The van der Waals surface area contributed by atoms with Gasteiger partial charge in [0.15, 0.2) is 5.78 Å². The summed E-state index contributed by atoms with van der Waals surface area (Å²) in [5.41, 5.74) is 1.23. The fourth-order valence-electron chi connectivity index (χ4n) is 2.77. The van der Waals surface area contributed by atoms with Crippen LogP contribution in [-0.4, -0.2) is 36.3 Å². The van der Waals surface area contributed by atoms with Crippen molar-refractivity contribution in [1.29, 1.82) is 0 Å². The molecule has 0 bridgehead atoms. The van der Waals surface area contributed by atoms with Gasteiger partial charge in [-0.25, -0.2) is 0 Å². The minimum atomic E-state index is -0.163. The number of nitrogens with zero attached hydrogens (tertiary/aromatic N) is 1. The molecule has 0 N–H and O–H groups in total. The molecule has 4 nitrogen and oxygen atoms in total. The van der Waals surface area contributed by atoms with Crippen LogP contribution in [0.3, 0.4) is 0 Å². The second-order valence-electron chi connectivity index (χ2n) is 5.52. The first-order chi connectivity index (χ1) is 10.2. The smallest absolute Gasteiger partial charge is 0.305 e. The Morgan fingerprint density at radius 2 is 2.10 bits per heavy atom. The van der Waals surface area contributed by atoms with E-state index in [0.29, 0.717) is 25.4 Å². The van der Waals surface area contributed by atoms with Crippen molar-refractivity contribution in [3.05, 3.63) is 35.9 Å². The van der Waals surface area contributed by atoms with Gasteiger partial charge in [0.1, 0.15) is 0 Å². The highest BCUT2D eigenvalue weighted by Gasteiger charge is 2.30. The Labute approximate surface area is 126 Å². The number of rotatable bonds is 7. The highest BCUT2D eigenvalue weighted by Crippen LogP contribution is 2.20. The Morgan fingerprint density at radius 3 is 2.81 bits per heavy atom. The van der Waals surface area contributed by atoms with Crippen molar-refractivity contribution in [3.63, 3.8) is 0 Å². The summed E-state index contributed by atoms with van der Waals surface area (Å²) in [4.78, 5) is 25.5. The minimum absolute atomic E-state index is 0.0724. The van der Waals surface area contributed by atoms with Crippen LogP contribution in [0.15, 0.2) is 30.3 Å². The van der Waals surface area contributed by atoms with Crippen LogP contribution in [0.25, 0.3) is 0 Å². The van der Waals surface area contributed by atoms with Crippen LogP contribution < -0.4 is 0 Å². The van der Waals surface area contributed by atoms with Crippen LogP contribution in [0, 0.1) is 5.92 Å². The Balaban J connectivity index is 1.74. The highest BCUT2D eigenvalue weighted by molar-refractivity contribution is 5.85. The number of carbonyl (C=O) groups excluding carboxylic acids is 2. The summed E-state index contributed by atoms with van der Waals surface area (Å²) in [7, 11) is 0. The molecule has 0 spiro atoms. The summed E-state index contributed by atoms with van der Waals surface area (Å²) >= 11 is 0. The lowest BCUT2D eigenvalue weighted by atomic mass is 10.0. The average Bonchev–Trinajstić information content (AvgIpc) is 2.80. The molecule has 1 aromatic rings. The second kappa shape index (κ2) is 7.93. The van der Waals surface area contributed by atoms with Crippen molar-refractivity contribution in [1.82, 2.24) is 4.90 Å². The van der Waals surface area contributed by atoms with Crippen LogP contribution in [-0.2, 0) is 20.9 Å². The van der Waals surface area contributed by atoms with Gasteiger partial charge in [-0.15, -0.1) is 0 Å². The molecular formula is C17H23NO3. The van der Waals surface area contributed by atoms with Gasteiger partial charge in [-0.2, -0.15) is 0 Å². The summed E-state index contributed by atoms with van der Waals surface area (Å²) < 4.78 is 4.90. The molecule has 1 saturated heterocycles. The highest BCUT2D eigenvalue weighted by atomic mass is 16.5. The fraction of sp³-hybridized carbons (Fsp3) is 0.529. The molecule has 0 aliphatic carbocycles. The van der Waals surface area contributed by atoms with E-state index in [-0.39, 0.29) is 11.9 Å². The van der Waals surface area contributed by atoms with Crippen molar-refractivity contribution < 1.29 is 14.3 Å². The number of carbonyl (C=O) groups is 2. The molecule has 1 aromatic carbocycles. The first kappa shape index (κ1) is 15.7. The maximum absolute atomic E-state index is 12.0. The summed E-state index contributed by atoms with van der Waals surface area (Å²) in [5, 5.41) is 0. The molecule has 1 heterocycles. The molecule has 1 aliphatic heterocycles. The zero-order valence-corrected chi connectivity index (χ0v) is 12.6. The Hall–Kier alpha value is -1.68. The van der Waals surface area contributed by atoms with Crippen molar-refractivity contribution in [2.24, 2.45) is 5.92 Å². The zero-order valence-electron chi connectivity index (χ0n) is 12.6. The quantitative estimate of drug-likeness (QED) is 0.723. The molecule has 1 aliphatic rings. The standard InChI is InChI=1S/C17H23NO3/c1-2-21-17(20)10-6-9-15-12-18(13-16(15)19)11-14-7-4-3-5-8-14/h3-5,7-8,15H,2,6,9-13H2,1H3. The second-order valence-corrected chi connectivity index (χ2v) is 5.52. The van der Waals surface area contributed by atoms with Gasteiger partial charge in [-0.1, -0.05) is 30.3 Å². The molecule has 114 valence electrons. The maximum atomic E-state index is 12.0. The van der Waals surface area contributed by atoms with E-state index in [9.17, 15) is 9.59 Å². The summed E-state index contributed by atoms with van der Waals surface area (Å²) in [6.07, 6.45) is 1.92. The van der Waals surface area contributed by atoms with Crippen LogP contribution in [0.2, 0.25) is 0 Å². The van der Waals surface area contributed by atoms with Gasteiger partial charge >= 0.3 is 5.97 Å². The van der Waals surface area contributed by atoms with Gasteiger partial charge in [-0.3, -0.25) is 14.5 Å². The lowest BCUT2D eigenvalue weighted by Gasteiger charge is -2.14. The molecule has 0 aromatic heterocycles. The van der Waals surface area contributed by atoms with E-state index in [1.54, 1.807) is 6.92 Å². The number of ketones is 1. The lowest BCUT2D eigenvalue weighted by molar-refractivity contribution is -0.143. The normalized spacial score (nSPS) is 18.9. The van der Waals surface area contributed by atoms with E-state index in [2.05, 4.69) is 17.0 Å². The molecule has 21 heavy (non-hydrogen) atoms. The van der Waals surface area contributed by atoms with Gasteiger partial charge in [0, 0.05) is 25.4 Å². The van der Waals surface area contributed by atoms with Crippen LogP contribution >= 0.6 is 0 Å². The molecular weight excluding hydrogens is 266 g/mol. The monoisotopic (exact) mass is 289 g/mol. The van der Waals surface area contributed by atoms with E-state index in [0.717, 1.165) is 25.9 Å². The topological polar surface area (TPSA) is 46.6 Å². The first-order valence-electron chi connectivity index (χ1n) is 7.63. The van der Waals surface area contributed by atoms with E-state index in [1.165, 1.54) is 5.56 Å². The van der Waals surface area contributed by atoms with E-state index >= 15 is 0 Å². The van der Waals surface area contributed by atoms with Gasteiger partial charge in [-0.05, 0) is 25.3 Å². The van der Waals surface area contributed by atoms with E-state index < -0.39 is 0 Å². The number of ether oxygens (including phenoxy) is 1. The van der Waals surface area contributed by atoms with Crippen molar-refractivity contribution in [2.45, 2.75) is 32.7 Å². The van der Waals surface area contributed by atoms with Crippen molar-refractivity contribution in [3.8, 4) is 0 Å². The van der Waals surface area contributed by atoms with Gasteiger partial charge < -0.3 is 4.74 Å². The predicted octanol–water partition coefficient (Wildman–Crippen LogP) is 2.42. The molecule has 0 saturated carbocycles. The Bertz CT molecular complexity index is 472. The minimum Gasteiger partial charge on any atom is -0.466 e. The van der Waals surface area contributed by atoms with E-state index in [4.69, 9.17) is 4.74 Å². The lowest BCUT2D eigenvalue weighted by Crippen LogP contribution is -2.20. The third-order valence-corrected chi connectivity index (χ3v) is 3.80. The molecule has 1 fully saturated rings. The molecule has 0 amide bonds. The van der Waals surface area contributed by atoms with Gasteiger partial charge in [0.25, 0.3) is 0 Å². The zero-order chi connectivity index (χ0) is 15.1. The number of hydrogen-bond acceptors (Lipinski definition) is 4. The number of benzene rings is 1. The largest absolute Gasteiger partial charge is 0.466 e. The fourth-order valence-corrected chi connectivity index (χ4v) is 2.77. The Morgan fingerprint density at radius 1 is 1.33 bits per heavy atom. The molecule has 4 heteroatoms. The van der Waals surface area contributed by atoms with Crippen LogP contribution in [0.4, 0.5) is 0 Å². The molecule has 0 radical (unpaired) electrons. The van der Waals surface area contributed by atoms with Gasteiger partial charge in [0.05, 0.1) is 13.2 Å². The predicted molar refractivity (Wildman–Crippen MR) is 80.7 cm³/mol. The maximum Gasteiger partial charge on any atom is 0.305 e. The number of esters is 1. The summed E-state index contributed by atoms with van der Waals surface area (Å²) in [6, 6.07) is 10.2. The summed E-state index contributed by atoms with van der Waals surface area (Å²) in [5.74, 6) is 0.210.